The molecule has 2 aromatic rings. The van der Waals surface area contributed by atoms with E-state index in [2.05, 4.69) is 10.2 Å². The van der Waals surface area contributed by atoms with Crippen molar-refractivity contribution < 1.29 is 42.2 Å². The second kappa shape index (κ2) is 10.6. The van der Waals surface area contributed by atoms with Crippen molar-refractivity contribution in [1.29, 1.82) is 0 Å². The number of rotatable bonds is 5. The number of furan rings is 1. The fourth-order valence-electron chi connectivity index (χ4n) is 3.97. The summed E-state index contributed by atoms with van der Waals surface area (Å²) < 4.78 is 44.1. The number of carbonyl (C=O) groups is 3. The van der Waals surface area contributed by atoms with Crippen molar-refractivity contribution in [2.75, 3.05) is 19.6 Å². The van der Waals surface area contributed by atoms with Crippen LogP contribution in [0.15, 0.2) is 53.0 Å². The molecule has 3 fully saturated rings. The Morgan fingerprint density at radius 1 is 1.03 bits per heavy atom. The van der Waals surface area contributed by atoms with Crippen LogP contribution in [-0.4, -0.2) is 58.6 Å². The average molecular weight is 480 g/mol. The number of hydrogen-bond donors (Lipinski definition) is 3. The number of aliphatic carboxylic acids is 2. The second-order valence-corrected chi connectivity index (χ2v) is 7.97. The molecule has 3 N–H and O–H groups in total. The van der Waals surface area contributed by atoms with Crippen LogP contribution in [0.2, 0.25) is 0 Å². The van der Waals surface area contributed by atoms with Gasteiger partial charge in [0.2, 0.25) is 0 Å². The van der Waals surface area contributed by atoms with Gasteiger partial charge in [-0.15, -0.1) is 0 Å². The molecule has 0 spiro atoms. The number of benzene rings is 1. The van der Waals surface area contributed by atoms with E-state index < -0.39 is 23.7 Å². The largest absolute Gasteiger partial charge is 0.478 e. The Kier molecular flexibility index (Phi) is 7.77. The summed E-state index contributed by atoms with van der Waals surface area (Å²) in [5.41, 5.74) is -0.452. The van der Waals surface area contributed by atoms with E-state index in [1.807, 2.05) is 0 Å². The lowest BCUT2D eigenvalue weighted by molar-refractivity contribution is -0.137. The fraction of sp³-hybridized carbons (Fsp3) is 0.348. The molecule has 3 aliphatic rings. The van der Waals surface area contributed by atoms with Crippen LogP contribution in [0.3, 0.4) is 0 Å². The molecule has 3 saturated heterocycles. The first-order valence-corrected chi connectivity index (χ1v) is 10.5. The Morgan fingerprint density at radius 2 is 1.68 bits per heavy atom. The predicted molar refractivity (Wildman–Crippen MR) is 114 cm³/mol. The summed E-state index contributed by atoms with van der Waals surface area (Å²) in [4.78, 5) is 33.9. The van der Waals surface area contributed by atoms with E-state index in [0.717, 1.165) is 44.6 Å². The van der Waals surface area contributed by atoms with Gasteiger partial charge in [-0.1, -0.05) is 12.1 Å². The van der Waals surface area contributed by atoms with Crippen LogP contribution < -0.4 is 5.32 Å². The predicted octanol–water partition coefficient (Wildman–Crippen LogP) is 3.50. The third-order valence-electron chi connectivity index (χ3n) is 5.65. The molecule has 0 saturated carbocycles. The van der Waals surface area contributed by atoms with Crippen LogP contribution in [0.1, 0.15) is 29.0 Å². The van der Waals surface area contributed by atoms with Crippen LogP contribution in [0.5, 0.6) is 0 Å². The van der Waals surface area contributed by atoms with Crippen molar-refractivity contribution in [1.82, 2.24) is 10.2 Å². The van der Waals surface area contributed by atoms with Crippen molar-refractivity contribution in [3.8, 4) is 11.3 Å². The van der Waals surface area contributed by atoms with Crippen molar-refractivity contribution in [3.63, 3.8) is 0 Å². The summed E-state index contributed by atoms with van der Waals surface area (Å²) in [6.45, 7) is 3.01. The maximum absolute atomic E-state index is 12.9. The van der Waals surface area contributed by atoms with Crippen LogP contribution in [0, 0.1) is 5.92 Å². The zero-order valence-electron chi connectivity index (χ0n) is 17.9. The summed E-state index contributed by atoms with van der Waals surface area (Å²) in [6, 6.07) is 8.03. The van der Waals surface area contributed by atoms with Gasteiger partial charge in [-0.3, -0.25) is 4.79 Å². The lowest BCUT2D eigenvalue weighted by Crippen LogP contribution is -2.57. The summed E-state index contributed by atoms with van der Waals surface area (Å²) in [7, 11) is 0. The number of nitrogens with zero attached hydrogens (tertiary/aromatic N) is 1. The van der Waals surface area contributed by atoms with E-state index in [-0.39, 0.29) is 23.5 Å². The number of halogens is 3. The number of piperidine rings is 3. The Balaban J connectivity index is 0.000000350. The molecule has 1 atom stereocenters. The molecule has 0 radical (unpaired) electrons. The number of carboxylic acid groups (broad SMARTS) is 2. The molecule has 11 heteroatoms. The molecule has 34 heavy (non-hydrogen) atoms. The molecule has 1 amide bonds. The van der Waals surface area contributed by atoms with Gasteiger partial charge in [0, 0.05) is 30.3 Å². The highest BCUT2D eigenvalue weighted by molar-refractivity contribution is 5.92. The summed E-state index contributed by atoms with van der Waals surface area (Å²) >= 11 is 0. The van der Waals surface area contributed by atoms with Crippen LogP contribution in [0.25, 0.3) is 11.3 Å². The fourth-order valence-corrected chi connectivity index (χ4v) is 3.97. The Hall–Kier alpha value is -3.60. The Labute approximate surface area is 192 Å². The Morgan fingerprint density at radius 3 is 2.21 bits per heavy atom. The maximum atomic E-state index is 12.9. The monoisotopic (exact) mass is 480 g/mol. The first-order valence-electron chi connectivity index (χ1n) is 10.5. The summed E-state index contributed by atoms with van der Waals surface area (Å²) in [5.74, 6) is -1.98. The number of nitrogens with one attached hydrogen (secondary N) is 1. The number of fused-ring (bicyclic) bond motifs is 3. The van der Waals surface area contributed by atoms with E-state index in [0.29, 0.717) is 23.6 Å². The minimum Gasteiger partial charge on any atom is -0.478 e. The quantitative estimate of drug-likeness (QED) is 0.561. The van der Waals surface area contributed by atoms with E-state index in [4.69, 9.17) is 14.6 Å². The minimum atomic E-state index is -4.42. The third-order valence-corrected chi connectivity index (χ3v) is 5.65. The highest BCUT2D eigenvalue weighted by Crippen LogP contribution is 2.33. The van der Waals surface area contributed by atoms with E-state index >= 15 is 0 Å². The lowest BCUT2D eigenvalue weighted by atomic mass is 9.84. The van der Waals surface area contributed by atoms with Gasteiger partial charge in [0.15, 0.2) is 5.76 Å². The van der Waals surface area contributed by atoms with E-state index in [1.165, 1.54) is 24.3 Å². The molecule has 4 heterocycles. The van der Waals surface area contributed by atoms with Gasteiger partial charge in [-0.2, -0.15) is 13.2 Å². The van der Waals surface area contributed by atoms with E-state index in [9.17, 15) is 27.6 Å². The van der Waals surface area contributed by atoms with E-state index in [1.54, 1.807) is 0 Å². The number of hydrogen-bond acceptors (Lipinski definition) is 5. The highest BCUT2D eigenvalue weighted by atomic mass is 19.4. The molecule has 1 aromatic carbocycles. The summed E-state index contributed by atoms with van der Waals surface area (Å²) in [6.07, 6.45) is -1.14. The molecule has 5 rings (SSSR count). The standard InChI is InChI=1S/C19H19F3N2O2.C4H4O4/c20-19(21,22)14-3-1-2-13(10-14)16-4-5-17(26-16)18(25)23-15-11-24-8-6-12(15)7-9-24;5-3(6)1-2-4(7)8/h1-5,10,12,15H,6-9,11H2,(H,23,25);1-2H,(H,5,6)(H,7,8)/b;2-1+/t15-;/m0./s1. The average Bonchev–Trinajstić information content (AvgIpc) is 3.29. The molecular weight excluding hydrogens is 457 g/mol. The zero-order valence-corrected chi connectivity index (χ0v) is 17.9. The van der Waals surface area contributed by atoms with Crippen LogP contribution >= 0.6 is 0 Å². The number of alkyl halides is 3. The van der Waals surface area contributed by atoms with Gasteiger partial charge < -0.3 is 24.8 Å². The molecular formula is C23H23F3N2O6. The second-order valence-electron chi connectivity index (χ2n) is 7.97. The van der Waals surface area contributed by atoms with Gasteiger partial charge in [-0.05, 0) is 56.1 Å². The third kappa shape index (κ3) is 6.70. The molecule has 1 aromatic heterocycles. The van der Waals surface area contributed by atoms with Gasteiger partial charge >= 0.3 is 18.1 Å². The first kappa shape index (κ1) is 25.0. The number of carboxylic acids is 2. The van der Waals surface area contributed by atoms with Crippen LogP contribution in [0.4, 0.5) is 13.2 Å². The lowest BCUT2D eigenvalue weighted by Gasteiger charge is -2.44. The zero-order chi connectivity index (χ0) is 24.9. The molecule has 182 valence electrons. The Bertz CT molecular complexity index is 1050. The minimum absolute atomic E-state index is 0.104. The highest BCUT2D eigenvalue weighted by Gasteiger charge is 2.35. The van der Waals surface area contributed by atoms with Crippen molar-refractivity contribution in [3.05, 3.63) is 59.9 Å². The van der Waals surface area contributed by atoms with Crippen LogP contribution in [-0.2, 0) is 15.8 Å². The van der Waals surface area contributed by atoms with Gasteiger partial charge in [-0.25, -0.2) is 9.59 Å². The smallest absolute Gasteiger partial charge is 0.416 e. The number of carbonyl (C=O) groups excluding carboxylic acids is 1. The molecule has 0 unspecified atom stereocenters. The molecule has 2 bridgehead atoms. The molecule has 3 aliphatic heterocycles. The van der Waals surface area contributed by atoms with Crippen molar-refractivity contribution >= 4 is 17.8 Å². The van der Waals surface area contributed by atoms with Crippen molar-refractivity contribution in [2.24, 2.45) is 5.92 Å². The first-order chi connectivity index (χ1) is 16.0. The van der Waals surface area contributed by atoms with Gasteiger partial charge in [0.05, 0.1) is 5.56 Å². The molecule has 8 nitrogen and oxygen atoms in total. The maximum Gasteiger partial charge on any atom is 0.416 e. The normalized spacial score (nSPS) is 21.6. The SMILES string of the molecule is O=C(N[C@H]1CN2CCC1CC2)c1ccc(-c2cccc(C(F)(F)F)c2)o1.O=C(O)/C=C/C(=O)O. The summed E-state index contributed by atoms with van der Waals surface area (Å²) in [5, 5.41) is 18.6. The van der Waals surface area contributed by atoms with Gasteiger partial charge in [0.1, 0.15) is 5.76 Å². The topological polar surface area (TPSA) is 120 Å². The van der Waals surface area contributed by atoms with Gasteiger partial charge in [0.25, 0.3) is 5.91 Å². The van der Waals surface area contributed by atoms with Crippen molar-refractivity contribution in [2.45, 2.75) is 25.1 Å². The molecule has 0 aliphatic carbocycles. The number of amides is 1.